The third kappa shape index (κ3) is 7.57. The molecule has 0 unspecified atom stereocenters. The smallest absolute Gasteiger partial charge is 0.460 e. The fourth-order valence-electron chi connectivity index (χ4n) is 4.85. The van der Waals surface area contributed by atoms with Crippen molar-refractivity contribution in [2.45, 2.75) is 57.0 Å². The Morgan fingerprint density at radius 3 is 2.54 bits per heavy atom. The highest BCUT2D eigenvalue weighted by Gasteiger charge is 2.49. The van der Waals surface area contributed by atoms with E-state index in [0.29, 0.717) is 27.1 Å². The predicted molar refractivity (Wildman–Crippen MR) is 158 cm³/mol. The van der Waals surface area contributed by atoms with Crippen LogP contribution in [0.2, 0.25) is 0 Å². The van der Waals surface area contributed by atoms with Crippen LogP contribution in [0.25, 0.3) is 10.8 Å². The second kappa shape index (κ2) is 14.0. The third-order valence-electron chi connectivity index (χ3n) is 7.10. The first-order valence-corrected chi connectivity index (χ1v) is 15.5. The van der Waals surface area contributed by atoms with Crippen molar-refractivity contribution in [3.05, 3.63) is 111 Å². The molecule has 0 aliphatic carbocycles. The highest BCUT2D eigenvalue weighted by molar-refractivity contribution is 7.52. The molecule has 3 N–H and O–H groups in total. The molecule has 1 aliphatic rings. The molecule has 5 rings (SSSR count). The molecule has 1 fully saturated rings. The Hall–Kier alpha value is -4.27. The zero-order valence-corrected chi connectivity index (χ0v) is 25.0. The standard InChI is InChI=1S/C30H29F3N3O9P/c1-17(29(39)42-16-18-8-3-2-4-9-18)35-46(41,44-23-13-7-11-19-10-5-6-12-20(19)23)45-26(27(32)33)25-22(37)14-24(43-25)36-15-21(31)28(38)34-30(36)40/h2-13,15,17,22,24-27,37H,14,16H2,1H3,(H,35,41)(H,34,38,40)/t17-,22-,24+,25-,26-,46-/m0/s1. The average Bonchev–Trinajstić information content (AvgIpc) is 3.41. The first kappa shape index (κ1) is 33.1. The number of benzene rings is 3. The largest absolute Gasteiger partial charge is 0.460 e. The van der Waals surface area contributed by atoms with Crippen LogP contribution >= 0.6 is 7.75 Å². The molecule has 1 aromatic heterocycles. The first-order valence-electron chi connectivity index (χ1n) is 14.0. The minimum absolute atomic E-state index is 0.0344. The molecular formula is C30H29F3N3O9P. The Labute approximate surface area is 259 Å². The molecule has 46 heavy (non-hydrogen) atoms. The summed E-state index contributed by atoms with van der Waals surface area (Å²) in [6, 6.07) is 18.8. The molecule has 0 saturated carbocycles. The number of nitrogens with zero attached hydrogens (tertiary/aromatic N) is 1. The van der Waals surface area contributed by atoms with Crippen molar-refractivity contribution in [1.82, 2.24) is 14.6 Å². The van der Waals surface area contributed by atoms with Crippen LogP contribution in [0.3, 0.4) is 0 Å². The molecule has 3 aromatic carbocycles. The van der Waals surface area contributed by atoms with E-state index in [0.717, 1.165) is 0 Å². The van der Waals surface area contributed by atoms with E-state index in [9.17, 15) is 37.2 Å². The van der Waals surface area contributed by atoms with Gasteiger partial charge in [0, 0.05) is 11.8 Å². The van der Waals surface area contributed by atoms with E-state index in [1.807, 2.05) is 0 Å². The van der Waals surface area contributed by atoms with E-state index in [1.54, 1.807) is 71.7 Å². The number of H-pyrrole nitrogens is 1. The molecule has 2 heterocycles. The molecule has 1 saturated heterocycles. The lowest BCUT2D eigenvalue weighted by molar-refractivity contribution is -0.146. The highest BCUT2D eigenvalue weighted by atomic mass is 31.2. The van der Waals surface area contributed by atoms with Gasteiger partial charge in [-0.15, -0.1) is 0 Å². The van der Waals surface area contributed by atoms with Crippen LogP contribution in [0.1, 0.15) is 25.1 Å². The molecule has 244 valence electrons. The topological polar surface area (TPSA) is 158 Å². The van der Waals surface area contributed by atoms with E-state index in [1.165, 1.54) is 13.0 Å². The number of rotatable bonds is 12. The van der Waals surface area contributed by atoms with E-state index in [2.05, 4.69) is 5.09 Å². The van der Waals surface area contributed by atoms with Crippen molar-refractivity contribution in [3.8, 4) is 5.75 Å². The molecule has 1 aliphatic heterocycles. The number of hydrogen-bond donors (Lipinski definition) is 3. The van der Waals surface area contributed by atoms with Gasteiger partial charge in [0.15, 0.2) is 6.10 Å². The summed E-state index contributed by atoms with van der Waals surface area (Å²) in [6.45, 7) is 1.14. The highest BCUT2D eigenvalue weighted by Crippen LogP contribution is 2.50. The van der Waals surface area contributed by atoms with Gasteiger partial charge < -0.3 is 19.1 Å². The van der Waals surface area contributed by atoms with Crippen LogP contribution in [0.4, 0.5) is 13.2 Å². The van der Waals surface area contributed by atoms with E-state index < -0.39 is 74.2 Å². The summed E-state index contributed by atoms with van der Waals surface area (Å²) in [5, 5.41) is 14.1. The van der Waals surface area contributed by atoms with Crippen LogP contribution in [-0.2, 0) is 30.0 Å². The summed E-state index contributed by atoms with van der Waals surface area (Å²) in [6.07, 6.45) is -11.0. The monoisotopic (exact) mass is 663 g/mol. The van der Waals surface area contributed by atoms with E-state index in [4.69, 9.17) is 18.5 Å². The molecular weight excluding hydrogens is 634 g/mol. The fourth-order valence-corrected chi connectivity index (χ4v) is 6.54. The number of alkyl halides is 2. The van der Waals surface area contributed by atoms with E-state index >= 15 is 0 Å². The Morgan fingerprint density at radius 1 is 1.11 bits per heavy atom. The van der Waals surface area contributed by atoms with Gasteiger partial charge in [-0.2, -0.15) is 9.48 Å². The molecule has 16 heteroatoms. The van der Waals surface area contributed by atoms with Crippen molar-refractivity contribution < 1.29 is 46.2 Å². The second-order valence-corrected chi connectivity index (χ2v) is 12.1. The van der Waals surface area contributed by atoms with Crippen molar-refractivity contribution >= 4 is 24.5 Å². The summed E-state index contributed by atoms with van der Waals surface area (Å²) >= 11 is 0. The quantitative estimate of drug-likeness (QED) is 0.149. The number of halogens is 3. The Balaban J connectivity index is 1.42. The van der Waals surface area contributed by atoms with Gasteiger partial charge in [0.25, 0.3) is 12.0 Å². The number of aliphatic hydroxyl groups is 1. The number of aliphatic hydroxyl groups excluding tert-OH is 1. The Bertz CT molecular complexity index is 1850. The van der Waals surface area contributed by atoms with Crippen LogP contribution in [0, 0.1) is 5.82 Å². The van der Waals surface area contributed by atoms with Gasteiger partial charge in [-0.05, 0) is 23.9 Å². The number of fused-ring (bicyclic) bond motifs is 1. The summed E-state index contributed by atoms with van der Waals surface area (Å²) in [7, 11) is -4.95. The molecule has 4 aromatic rings. The average molecular weight is 664 g/mol. The predicted octanol–water partition coefficient (Wildman–Crippen LogP) is 4.04. The van der Waals surface area contributed by atoms with Crippen molar-refractivity contribution in [2.75, 3.05) is 0 Å². The summed E-state index contributed by atoms with van der Waals surface area (Å²) in [4.78, 5) is 38.2. The molecule has 0 bridgehead atoms. The number of aromatic nitrogens is 2. The van der Waals surface area contributed by atoms with Gasteiger partial charge in [0.05, 0.1) is 12.3 Å². The van der Waals surface area contributed by atoms with Crippen LogP contribution in [0.5, 0.6) is 5.75 Å². The molecule has 0 amide bonds. The van der Waals surface area contributed by atoms with Gasteiger partial charge in [0.1, 0.15) is 30.7 Å². The van der Waals surface area contributed by atoms with Gasteiger partial charge in [-0.3, -0.25) is 23.7 Å². The normalized spacial score (nSPS) is 20.7. The maximum Gasteiger partial charge on any atom is 0.460 e. The SMILES string of the molecule is C[C@H](N[P@](=O)(Oc1cccc2ccccc12)O[C@H](C(F)F)[C@H]1O[C@@H](n2cc(F)c(=O)[nH]c2=O)C[C@@H]1O)C(=O)OCc1ccccc1. The van der Waals surface area contributed by atoms with Gasteiger partial charge in [0.2, 0.25) is 5.82 Å². The third-order valence-corrected chi connectivity index (χ3v) is 8.76. The summed E-state index contributed by atoms with van der Waals surface area (Å²) < 4.78 is 79.9. The second-order valence-electron chi connectivity index (χ2n) is 10.4. The van der Waals surface area contributed by atoms with Crippen LogP contribution in [-0.4, -0.2) is 51.4 Å². The van der Waals surface area contributed by atoms with Crippen LogP contribution < -0.4 is 20.9 Å². The van der Waals surface area contributed by atoms with E-state index in [-0.39, 0.29) is 12.4 Å². The maximum absolute atomic E-state index is 14.6. The zero-order valence-electron chi connectivity index (χ0n) is 24.1. The number of carbonyl (C=O) groups is 1. The Kier molecular flexibility index (Phi) is 10.1. The van der Waals surface area contributed by atoms with Crippen molar-refractivity contribution in [3.63, 3.8) is 0 Å². The van der Waals surface area contributed by atoms with Crippen molar-refractivity contribution in [1.29, 1.82) is 0 Å². The van der Waals surface area contributed by atoms with Gasteiger partial charge in [-0.1, -0.05) is 66.7 Å². The Morgan fingerprint density at radius 2 is 1.80 bits per heavy atom. The number of nitrogens with one attached hydrogen (secondary N) is 2. The van der Waals surface area contributed by atoms with Gasteiger partial charge >= 0.3 is 19.4 Å². The number of hydrogen-bond acceptors (Lipinski definition) is 9. The summed E-state index contributed by atoms with van der Waals surface area (Å²) in [5.41, 5.74) is -1.76. The van der Waals surface area contributed by atoms with Crippen molar-refractivity contribution in [2.24, 2.45) is 0 Å². The van der Waals surface area contributed by atoms with Gasteiger partial charge in [-0.25, -0.2) is 18.1 Å². The lowest BCUT2D eigenvalue weighted by Gasteiger charge is -2.30. The molecule has 0 spiro atoms. The number of esters is 1. The minimum Gasteiger partial charge on any atom is -0.460 e. The number of aromatic amines is 1. The van der Waals surface area contributed by atoms with Crippen LogP contribution in [0.15, 0.2) is 88.6 Å². The summed E-state index contributed by atoms with van der Waals surface area (Å²) in [5.74, 6) is -2.29. The lowest BCUT2D eigenvalue weighted by atomic mass is 10.1. The molecule has 0 radical (unpaired) electrons. The molecule has 6 atom stereocenters. The lowest BCUT2D eigenvalue weighted by Crippen LogP contribution is -2.44. The zero-order chi connectivity index (χ0) is 33.0. The number of carbonyl (C=O) groups excluding carboxylic acids is 1. The fraction of sp³-hybridized carbons (Fsp3) is 0.300. The molecule has 12 nitrogen and oxygen atoms in total. The first-order chi connectivity index (χ1) is 21.9. The minimum atomic E-state index is -4.95. The maximum atomic E-state index is 14.6. The number of ether oxygens (including phenoxy) is 2.